The van der Waals surface area contributed by atoms with E-state index in [9.17, 15) is 0 Å². The van der Waals surface area contributed by atoms with Crippen molar-refractivity contribution >= 4 is 23.2 Å². The second-order valence-electron chi connectivity index (χ2n) is 4.43. The average Bonchev–Trinajstić information content (AvgIpc) is 2.27. The molecule has 102 valence electrons. The van der Waals surface area contributed by atoms with E-state index in [1.54, 1.807) is 7.11 Å². The molecule has 1 aromatic carbocycles. The van der Waals surface area contributed by atoms with Gasteiger partial charge in [-0.3, -0.25) is 0 Å². The van der Waals surface area contributed by atoms with E-state index in [1.807, 2.05) is 12.1 Å². The Morgan fingerprint density at radius 2 is 1.83 bits per heavy atom. The lowest BCUT2D eigenvalue weighted by Gasteiger charge is -2.11. The standard InChI is InChI=1S/C13H20Cl2N2O/c1-17(2)6-4-5-16-9-10-7-11(14)13(18-3)12(15)8-10/h7-8,16H,4-6,9H2,1-3H3. The molecule has 5 heteroatoms. The molecule has 0 saturated heterocycles. The molecule has 18 heavy (non-hydrogen) atoms. The first-order chi connectivity index (χ1) is 8.54. The molecular formula is C13H20Cl2N2O. The minimum Gasteiger partial charge on any atom is -0.494 e. The van der Waals surface area contributed by atoms with Crippen LogP contribution in [0.1, 0.15) is 12.0 Å². The number of nitrogens with zero attached hydrogens (tertiary/aromatic N) is 1. The van der Waals surface area contributed by atoms with Crippen LogP contribution in [0.2, 0.25) is 10.0 Å². The predicted octanol–water partition coefficient (Wildman–Crippen LogP) is 3.04. The molecule has 0 spiro atoms. The fraction of sp³-hybridized carbons (Fsp3) is 0.538. The van der Waals surface area contributed by atoms with Crippen molar-refractivity contribution in [3.05, 3.63) is 27.7 Å². The maximum Gasteiger partial charge on any atom is 0.156 e. The lowest BCUT2D eigenvalue weighted by molar-refractivity contribution is 0.394. The van der Waals surface area contributed by atoms with Gasteiger partial charge in [-0.1, -0.05) is 23.2 Å². The molecule has 0 atom stereocenters. The summed E-state index contributed by atoms with van der Waals surface area (Å²) < 4.78 is 5.11. The summed E-state index contributed by atoms with van der Waals surface area (Å²) in [6.45, 7) is 2.81. The zero-order chi connectivity index (χ0) is 13.5. The first kappa shape index (κ1) is 15.6. The quantitative estimate of drug-likeness (QED) is 0.781. The molecule has 0 saturated carbocycles. The van der Waals surface area contributed by atoms with Gasteiger partial charge >= 0.3 is 0 Å². The molecule has 0 bridgehead atoms. The second kappa shape index (κ2) is 7.85. The van der Waals surface area contributed by atoms with Gasteiger partial charge in [-0.2, -0.15) is 0 Å². The van der Waals surface area contributed by atoms with Crippen LogP contribution in [0.3, 0.4) is 0 Å². The van der Waals surface area contributed by atoms with Crippen LogP contribution < -0.4 is 10.1 Å². The van der Waals surface area contributed by atoms with Crippen molar-refractivity contribution in [2.75, 3.05) is 34.3 Å². The third-order valence-corrected chi connectivity index (χ3v) is 3.11. The summed E-state index contributed by atoms with van der Waals surface area (Å²) in [6.07, 6.45) is 1.12. The number of nitrogens with one attached hydrogen (secondary N) is 1. The minimum absolute atomic E-state index is 0.537. The molecule has 3 nitrogen and oxygen atoms in total. The summed E-state index contributed by atoms with van der Waals surface area (Å²) in [5, 5.41) is 4.47. The second-order valence-corrected chi connectivity index (χ2v) is 5.24. The van der Waals surface area contributed by atoms with Crippen LogP contribution in [-0.2, 0) is 6.54 Å². The molecule has 1 N–H and O–H groups in total. The number of halogens is 2. The highest BCUT2D eigenvalue weighted by molar-refractivity contribution is 6.37. The monoisotopic (exact) mass is 290 g/mol. The van der Waals surface area contributed by atoms with Crippen LogP contribution in [0.5, 0.6) is 5.75 Å². The van der Waals surface area contributed by atoms with Crippen molar-refractivity contribution in [2.45, 2.75) is 13.0 Å². The predicted molar refractivity (Wildman–Crippen MR) is 77.9 cm³/mol. The molecule has 0 heterocycles. The Hall–Kier alpha value is -0.480. The van der Waals surface area contributed by atoms with Gasteiger partial charge in [0.15, 0.2) is 5.75 Å². The summed E-state index contributed by atoms with van der Waals surface area (Å²) in [4.78, 5) is 2.17. The zero-order valence-electron chi connectivity index (χ0n) is 11.1. The fourth-order valence-corrected chi connectivity index (χ4v) is 2.35. The highest BCUT2D eigenvalue weighted by atomic mass is 35.5. The molecule has 0 aliphatic rings. The van der Waals surface area contributed by atoms with Gasteiger partial charge in [0.25, 0.3) is 0 Å². The minimum atomic E-state index is 0.537. The lowest BCUT2D eigenvalue weighted by atomic mass is 10.2. The first-order valence-corrected chi connectivity index (χ1v) is 6.67. The van der Waals surface area contributed by atoms with E-state index in [4.69, 9.17) is 27.9 Å². The first-order valence-electron chi connectivity index (χ1n) is 5.92. The summed E-state index contributed by atoms with van der Waals surface area (Å²) in [5.74, 6) is 0.537. The third kappa shape index (κ3) is 5.02. The van der Waals surface area contributed by atoms with Gasteiger partial charge in [0.2, 0.25) is 0 Å². The molecule has 0 aliphatic carbocycles. The number of ether oxygens (including phenoxy) is 1. The van der Waals surface area contributed by atoms with E-state index in [0.717, 1.165) is 31.6 Å². The Morgan fingerprint density at radius 3 is 2.33 bits per heavy atom. The molecule has 0 unspecified atom stereocenters. The Kier molecular flexibility index (Phi) is 6.79. The van der Waals surface area contributed by atoms with E-state index in [-0.39, 0.29) is 0 Å². The number of hydrogen-bond acceptors (Lipinski definition) is 3. The SMILES string of the molecule is COc1c(Cl)cc(CNCCCN(C)C)cc1Cl. The zero-order valence-corrected chi connectivity index (χ0v) is 12.6. The van der Waals surface area contributed by atoms with Crippen molar-refractivity contribution in [3.63, 3.8) is 0 Å². The summed E-state index contributed by atoms with van der Waals surface area (Å²) in [7, 11) is 5.71. The van der Waals surface area contributed by atoms with Gasteiger partial charge < -0.3 is 15.0 Å². The largest absolute Gasteiger partial charge is 0.494 e. The number of hydrogen-bond donors (Lipinski definition) is 1. The van der Waals surface area contributed by atoms with Gasteiger partial charge in [-0.25, -0.2) is 0 Å². The fourth-order valence-electron chi connectivity index (χ4n) is 1.66. The summed E-state index contributed by atoms with van der Waals surface area (Å²) in [5.41, 5.74) is 1.07. The molecule has 0 amide bonds. The van der Waals surface area contributed by atoms with Gasteiger partial charge in [0.1, 0.15) is 0 Å². The Labute approximate surface area is 119 Å². The molecule has 0 aromatic heterocycles. The van der Waals surface area contributed by atoms with Gasteiger partial charge in [0.05, 0.1) is 17.2 Å². The van der Waals surface area contributed by atoms with Crippen molar-refractivity contribution in [1.82, 2.24) is 10.2 Å². The molecular weight excluding hydrogens is 271 g/mol. The van der Waals surface area contributed by atoms with Gasteiger partial charge in [-0.05, 0) is 51.3 Å². The van der Waals surface area contributed by atoms with Crippen LogP contribution in [0.15, 0.2) is 12.1 Å². The number of rotatable bonds is 7. The Balaban J connectivity index is 2.44. The van der Waals surface area contributed by atoms with E-state index in [2.05, 4.69) is 24.3 Å². The molecule has 1 aromatic rings. The smallest absolute Gasteiger partial charge is 0.156 e. The Morgan fingerprint density at radius 1 is 1.22 bits per heavy atom. The van der Waals surface area contributed by atoms with E-state index < -0.39 is 0 Å². The number of benzene rings is 1. The normalized spacial score (nSPS) is 11.0. The van der Waals surface area contributed by atoms with Gasteiger partial charge in [-0.15, -0.1) is 0 Å². The van der Waals surface area contributed by atoms with E-state index >= 15 is 0 Å². The number of methoxy groups -OCH3 is 1. The lowest BCUT2D eigenvalue weighted by Crippen LogP contribution is -2.21. The van der Waals surface area contributed by atoms with Crippen LogP contribution >= 0.6 is 23.2 Å². The molecule has 1 rings (SSSR count). The Bertz CT molecular complexity index is 360. The van der Waals surface area contributed by atoms with Crippen LogP contribution in [0, 0.1) is 0 Å². The van der Waals surface area contributed by atoms with Gasteiger partial charge in [0, 0.05) is 6.54 Å². The molecule has 0 fully saturated rings. The van der Waals surface area contributed by atoms with Crippen molar-refractivity contribution in [3.8, 4) is 5.75 Å². The van der Waals surface area contributed by atoms with E-state index in [1.165, 1.54) is 0 Å². The third-order valence-electron chi connectivity index (χ3n) is 2.55. The van der Waals surface area contributed by atoms with Crippen molar-refractivity contribution < 1.29 is 4.74 Å². The average molecular weight is 291 g/mol. The molecule has 0 radical (unpaired) electrons. The highest BCUT2D eigenvalue weighted by Gasteiger charge is 2.08. The summed E-state index contributed by atoms with van der Waals surface area (Å²) >= 11 is 12.1. The van der Waals surface area contributed by atoms with Crippen LogP contribution in [0.4, 0.5) is 0 Å². The van der Waals surface area contributed by atoms with Crippen molar-refractivity contribution in [1.29, 1.82) is 0 Å². The maximum atomic E-state index is 6.07. The van der Waals surface area contributed by atoms with Crippen molar-refractivity contribution in [2.24, 2.45) is 0 Å². The highest BCUT2D eigenvalue weighted by Crippen LogP contribution is 2.33. The topological polar surface area (TPSA) is 24.5 Å². The van der Waals surface area contributed by atoms with Crippen LogP contribution in [0.25, 0.3) is 0 Å². The summed E-state index contributed by atoms with van der Waals surface area (Å²) in [6, 6.07) is 3.76. The maximum absolute atomic E-state index is 6.07. The molecule has 0 aliphatic heterocycles. The van der Waals surface area contributed by atoms with E-state index in [0.29, 0.717) is 15.8 Å². The van der Waals surface area contributed by atoms with Crippen LogP contribution in [-0.4, -0.2) is 39.2 Å².